The highest BCUT2D eigenvalue weighted by molar-refractivity contribution is 5.94. The fourth-order valence-corrected chi connectivity index (χ4v) is 2.78. The van der Waals surface area contributed by atoms with E-state index in [1.165, 1.54) is 0 Å². The van der Waals surface area contributed by atoms with Gasteiger partial charge in [-0.15, -0.1) is 0 Å². The molecule has 1 amide bonds. The minimum Gasteiger partial charge on any atom is -0.349 e. The molecule has 0 radical (unpaired) electrons. The zero-order valence-corrected chi connectivity index (χ0v) is 13.8. The molecule has 2 aromatic rings. The average Bonchev–Trinajstić information content (AvgIpc) is 2.52. The lowest BCUT2D eigenvalue weighted by atomic mass is 9.93. The molecule has 0 unspecified atom stereocenters. The number of rotatable bonds is 5. The molecule has 0 bridgehead atoms. The first-order valence-corrected chi connectivity index (χ1v) is 7.95. The third-order valence-corrected chi connectivity index (χ3v) is 3.99. The minimum atomic E-state index is 0.00649. The number of hydrogen-bond donors (Lipinski definition) is 1. The van der Waals surface area contributed by atoms with Crippen molar-refractivity contribution in [1.29, 1.82) is 0 Å². The number of amides is 1. The summed E-state index contributed by atoms with van der Waals surface area (Å²) in [6.45, 7) is 8.57. The molecule has 0 atom stereocenters. The van der Waals surface area contributed by atoms with Gasteiger partial charge in [-0.2, -0.15) is 0 Å². The Morgan fingerprint density at radius 1 is 0.773 bits per heavy atom. The van der Waals surface area contributed by atoms with Crippen molar-refractivity contribution in [2.45, 2.75) is 33.7 Å². The van der Waals surface area contributed by atoms with Crippen molar-refractivity contribution in [1.82, 2.24) is 5.32 Å². The van der Waals surface area contributed by atoms with E-state index in [0.29, 0.717) is 17.4 Å². The Labute approximate surface area is 133 Å². The first-order valence-electron chi connectivity index (χ1n) is 7.95. The molecule has 2 nitrogen and oxygen atoms in total. The van der Waals surface area contributed by atoms with Crippen LogP contribution < -0.4 is 5.32 Å². The smallest absolute Gasteiger partial charge is 0.251 e. The fourth-order valence-electron chi connectivity index (χ4n) is 2.78. The van der Waals surface area contributed by atoms with E-state index in [4.69, 9.17) is 0 Å². The third kappa shape index (κ3) is 3.97. The standard InChI is InChI=1S/C20H25NO/c1-14(2)19(15(3)4)21-20(22)18-12-10-17(11-13-18)16-8-6-5-7-9-16/h5-15,19H,1-4H3,(H,21,22). The van der Waals surface area contributed by atoms with Crippen LogP contribution in [0.25, 0.3) is 11.1 Å². The van der Waals surface area contributed by atoms with Crippen LogP contribution in [0.4, 0.5) is 0 Å². The zero-order chi connectivity index (χ0) is 16.1. The number of nitrogens with one attached hydrogen (secondary N) is 1. The van der Waals surface area contributed by atoms with Crippen LogP contribution in [-0.4, -0.2) is 11.9 Å². The third-order valence-electron chi connectivity index (χ3n) is 3.99. The molecule has 0 aliphatic rings. The largest absolute Gasteiger partial charge is 0.349 e. The van der Waals surface area contributed by atoms with Crippen molar-refractivity contribution < 1.29 is 4.79 Å². The first kappa shape index (κ1) is 16.3. The molecule has 2 heteroatoms. The van der Waals surface area contributed by atoms with Crippen LogP contribution in [0.3, 0.4) is 0 Å². The number of hydrogen-bond acceptors (Lipinski definition) is 1. The van der Waals surface area contributed by atoms with Crippen molar-refractivity contribution in [2.24, 2.45) is 11.8 Å². The van der Waals surface area contributed by atoms with Gasteiger partial charge in [0.15, 0.2) is 0 Å². The second-order valence-electron chi connectivity index (χ2n) is 6.43. The molecule has 2 aromatic carbocycles. The zero-order valence-electron chi connectivity index (χ0n) is 13.8. The second-order valence-corrected chi connectivity index (χ2v) is 6.43. The highest BCUT2D eigenvalue weighted by Gasteiger charge is 2.20. The summed E-state index contributed by atoms with van der Waals surface area (Å²) in [6, 6.07) is 18.2. The van der Waals surface area contributed by atoms with Crippen molar-refractivity contribution in [3.05, 3.63) is 60.2 Å². The molecule has 116 valence electrons. The van der Waals surface area contributed by atoms with Crippen molar-refractivity contribution in [3.8, 4) is 11.1 Å². The van der Waals surface area contributed by atoms with Gasteiger partial charge in [-0.05, 0) is 35.1 Å². The first-order chi connectivity index (χ1) is 10.5. The monoisotopic (exact) mass is 295 g/mol. The molecule has 0 fully saturated rings. The van der Waals surface area contributed by atoms with Gasteiger partial charge in [0.25, 0.3) is 5.91 Å². The summed E-state index contributed by atoms with van der Waals surface area (Å²) in [6.07, 6.45) is 0. The van der Waals surface area contributed by atoms with Crippen molar-refractivity contribution in [2.75, 3.05) is 0 Å². The molecule has 22 heavy (non-hydrogen) atoms. The molecule has 0 saturated heterocycles. The Bertz CT molecular complexity index is 591. The highest BCUT2D eigenvalue weighted by atomic mass is 16.1. The van der Waals surface area contributed by atoms with Crippen molar-refractivity contribution >= 4 is 5.91 Å². The summed E-state index contributed by atoms with van der Waals surface area (Å²) < 4.78 is 0. The topological polar surface area (TPSA) is 29.1 Å². The maximum absolute atomic E-state index is 12.4. The molecule has 0 saturated carbocycles. The van der Waals surface area contributed by atoms with Gasteiger partial charge < -0.3 is 5.32 Å². The van der Waals surface area contributed by atoms with Crippen LogP contribution >= 0.6 is 0 Å². The van der Waals surface area contributed by atoms with E-state index in [9.17, 15) is 4.79 Å². The molecule has 0 heterocycles. The summed E-state index contributed by atoms with van der Waals surface area (Å²) in [4.78, 5) is 12.4. The SMILES string of the molecule is CC(C)C(NC(=O)c1ccc(-c2ccccc2)cc1)C(C)C. The summed E-state index contributed by atoms with van der Waals surface area (Å²) in [7, 11) is 0. The van der Waals surface area contributed by atoms with Gasteiger partial charge in [0.2, 0.25) is 0 Å². The molecule has 1 N–H and O–H groups in total. The number of benzene rings is 2. The minimum absolute atomic E-state index is 0.00649. The average molecular weight is 295 g/mol. The normalized spacial score (nSPS) is 11.2. The van der Waals surface area contributed by atoms with E-state index in [1.54, 1.807) is 0 Å². The molecular formula is C20H25NO. The van der Waals surface area contributed by atoms with Gasteiger partial charge in [-0.1, -0.05) is 70.2 Å². The predicted molar refractivity (Wildman–Crippen MR) is 92.8 cm³/mol. The summed E-state index contributed by atoms with van der Waals surface area (Å²) in [5, 5.41) is 3.15. The fraction of sp³-hybridized carbons (Fsp3) is 0.350. The van der Waals surface area contributed by atoms with Crippen LogP contribution in [0.15, 0.2) is 54.6 Å². The van der Waals surface area contributed by atoms with Gasteiger partial charge in [0, 0.05) is 11.6 Å². The number of carbonyl (C=O) groups excluding carboxylic acids is 1. The van der Waals surface area contributed by atoms with E-state index in [2.05, 4.69) is 45.1 Å². The predicted octanol–water partition coefficient (Wildman–Crippen LogP) is 4.76. The molecule has 2 rings (SSSR count). The molecule has 0 aliphatic carbocycles. The Hall–Kier alpha value is -2.09. The van der Waals surface area contributed by atoms with Gasteiger partial charge in [0.05, 0.1) is 0 Å². The second kappa shape index (κ2) is 7.26. The molecular weight excluding hydrogens is 270 g/mol. The molecule has 0 aromatic heterocycles. The Morgan fingerprint density at radius 3 is 1.77 bits per heavy atom. The lowest BCUT2D eigenvalue weighted by Crippen LogP contribution is -2.42. The summed E-state index contributed by atoms with van der Waals surface area (Å²) in [5.41, 5.74) is 3.00. The molecule has 0 spiro atoms. The Balaban J connectivity index is 2.11. The van der Waals surface area contributed by atoms with Gasteiger partial charge in [-0.25, -0.2) is 0 Å². The van der Waals surface area contributed by atoms with E-state index in [-0.39, 0.29) is 11.9 Å². The Morgan fingerprint density at radius 2 is 1.27 bits per heavy atom. The van der Waals surface area contributed by atoms with Crippen LogP contribution in [0.1, 0.15) is 38.1 Å². The maximum atomic E-state index is 12.4. The Kier molecular flexibility index (Phi) is 5.37. The lowest BCUT2D eigenvalue weighted by molar-refractivity contribution is 0.0910. The van der Waals surface area contributed by atoms with E-state index < -0.39 is 0 Å². The van der Waals surface area contributed by atoms with Crippen LogP contribution in [0.5, 0.6) is 0 Å². The highest BCUT2D eigenvalue weighted by Crippen LogP contribution is 2.19. The quantitative estimate of drug-likeness (QED) is 0.846. The summed E-state index contributed by atoms with van der Waals surface area (Å²) >= 11 is 0. The number of carbonyl (C=O) groups is 1. The van der Waals surface area contributed by atoms with Gasteiger partial charge in [-0.3, -0.25) is 4.79 Å². The van der Waals surface area contributed by atoms with Crippen LogP contribution in [0, 0.1) is 11.8 Å². The van der Waals surface area contributed by atoms with E-state index in [0.717, 1.165) is 11.1 Å². The summed E-state index contributed by atoms with van der Waals surface area (Å²) in [5.74, 6) is 0.854. The van der Waals surface area contributed by atoms with E-state index in [1.807, 2.05) is 42.5 Å². The maximum Gasteiger partial charge on any atom is 0.251 e. The van der Waals surface area contributed by atoms with E-state index >= 15 is 0 Å². The van der Waals surface area contributed by atoms with Gasteiger partial charge >= 0.3 is 0 Å². The lowest BCUT2D eigenvalue weighted by Gasteiger charge is -2.26. The van der Waals surface area contributed by atoms with Crippen LogP contribution in [-0.2, 0) is 0 Å². The molecule has 0 aliphatic heterocycles. The van der Waals surface area contributed by atoms with Crippen LogP contribution in [0.2, 0.25) is 0 Å². The van der Waals surface area contributed by atoms with Gasteiger partial charge in [0.1, 0.15) is 0 Å². The van der Waals surface area contributed by atoms with Crippen molar-refractivity contribution in [3.63, 3.8) is 0 Å².